The maximum atomic E-state index is 11.4. The molecule has 0 saturated carbocycles. The number of hydrogen-bond acceptors (Lipinski definition) is 12. The number of aromatic nitrogens is 3. The van der Waals surface area contributed by atoms with E-state index >= 15 is 0 Å². The first-order valence-corrected chi connectivity index (χ1v) is 16.6. The van der Waals surface area contributed by atoms with Gasteiger partial charge in [0.1, 0.15) is 5.88 Å². The van der Waals surface area contributed by atoms with Crippen LogP contribution in [0.1, 0.15) is 29.5 Å². The van der Waals surface area contributed by atoms with Gasteiger partial charge in [0.25, 0.3) is 10.1 Å². The zero-order valence-corrected chi connectivity index (χ0v) is 26.3. The summed E-state index contributed by atoms with van der Waals surface area (Å²) in [4.78, 5) is 13.0. The molecule has 0 bridgehead atoms. The predicted molar refractivity (Wildman–Crippen MR) is 182 cm³/mol. The lowest BCUT2D eigenvalue weighted by atomic mass is 9.91. The lowest BCUT2D eigenvalue weighted by molar-refractivity contribution is 0.485. The summed E-state index contributed by atoms with van der Waals surface area (Å²) in [5.74, 6) is -0.573. The first-order chi connectivity index (χ1) is 22.8. The monoisotopic (exact) mass is 648 g/mol. The molecular formula is C33H32N10O3S. The summed E-state index contributed by atoms with van der Waals surface area (Å²) in [6, 6.07) is 28.4. The zero-order chi connectivity index (χ0) is 32.6. The number of nitrogens with one attached hydrogen (secondary N) is 3. The molecule has 0 saturated heterocycles. The lowest BCUT2D eigenvalue weighted by Crippen LogP contribution is -2.16. The van der Waals surface area contributed by atoms with E-state index in [9.17, 15) is 13.0 Å². The van der Waals surface area contributed by atoms with E-state index in [1.54, 1.807) is 18.2 Å². The number of fused-ring (bicyclic) bond motifs is 1. The third-order valence-electron chi connectivity index (χ3n) is 7.28. The highest BCUT2D eigenvalue weighted by Crippen LogP contribution is 2.29. The molecule has 4 N–H and O–H groups in total. The highest BCUT2D eigenvalue weighted by atomic mass is 32.2. The van der Waals surface area contributed by atoms with Gasteiger partial charge in [0.05, 0.1) is 22.7 Å². The van der Waals surface area contributed by atoms with Crippen molar-refractivity contribution < 1.29 is 13.0 Å². The van der Waals surface area contributed by atoms with Gasteiger partial charge >= 0.3 is 0 Å². The molecule has 0 fully saturated rings. The summed E-state index contributed by atoms with van der Waals surface area (Å²) >= 11 is 0. The topological polar surface area (TPSA) is 179 Å². The summed E-state index contributed by atoms with van der Waals surface area (Å²) in [5, 5.41) is 26.1. The Balaban J connectivity index is 1.17. The fourth-order valence-electron chi connectivity index (χ4n) is 4.94. The Morgan fingerprint density at radius 2 is 1.23 bits per heavy atom. The Hall–Kier alpha value is -5.60. The number of azo groups is 2. The van der Waals surface area contributed by atoms with Crippen LogP contribution in [-0.2, 0) is 23.0 Å². The van der Waals surface area contributed by atoms with Gasteiger partial charge in [0.15, 0.2) is 0 Å². The van der Waals surface area contributed by atoms with Crippen molar-refractivity contribution in [3.05, 3.63) is 108 Å². The van der Waals surface area contributed by atoms with Gasteiger partial charge in [-0.15, -0.1) is 0 Å². The normalized spacial score (nSPS) is 13.1. The van der Waals surface area contributed by atoms with Crippen molar-refractivity contribution in [3.8, 4) is 0 Å². The average Bonchev–Trinajstić information content (AvgIpc) is 3.07. The molecule has 0 amide bonds. The van der Waals surface area contributed by atoms with Gasteiger partial charge in [-0.2, -0.15) is 43.8 Å². The second-order valence-corrected chi connectivity index (χ2v) is 12.4. The van der Waals surface area contributed by atoms with Crippen LogP contribution < -0.4 is 16.0 Å². The van der Waals surface area contributed by atoms with Crippen molar-refractivity contribution in [1.82, 2.24) is 15.0 Å². The standard InChI is InChI=1S/C33H32N10O3S/c1-22-19-28(42-40-26-9-3-2-4-10-26)17-18-30(22)36-33-38-31(34-21-47(44,45)46)37-32(39-33)35-25-13-15-27(16-14-25)41-43-29-12-11-23-7-5-6-8-24(23)20-29/h2-4,9-20H,5-8,21H2,1H3,(H,44,45,46)(H3,34,35,36,37,38,39). The van der Waals surface area contributed by atoms with E-state index in [2.05, 4.69) is 63.5 Å². The molecule has 6 rings (SSSR count). The molecule has 1 aromatic heterocycles. The predicted octanol–water partition coefficient (Wildman–Crippen LogP) is 8.63. The van der Waals surface area contributed by atoms with Crippen molar-refractivity contribution in [2.24, 2.45) is 20.5 Å². The van der Waals surface area contributed by atoms with Gasteiger partial charge in [-0.1, -0.05) is 24.3 Å². The zero-order valence-electron chi connectivity index (χ0n) is 25.5. The maximum absolute atomic E-state index is 11.4. The van der Waals surface area contributed by atoms with E-state index in [-0.39, 0.29) is 17.8 Å². The van der Waals surface area contributed by atoms with E-state index in [0.29, 0.717) is 22.7 Å². The Bertz CT molecular complexity index is 2040. The number of hydrogen-bond donors (Lipinski definition) is 4. The highest BCUT2D eigenvalue weighted by Gasteiger charge is 2.12. The van der Waals surface area contributed by atoms with Crippen LogP contribution in [0.4, 0.5) is 52.0 Å². The van der Waals surface area contributed by atoms with Crippen molar-refractivity contribution in [2.45, 2.75) is 32.6 Å². The van der Waals surface area contributed by atoms with Crippen LogP contribution in [0, 0.1) is 6.92 Å². The summed E-state index contributed by atoms with van der Waals surface area (Å²) in [5.41, 5.74) is 7.83. The van der Waals surface area contributed by atoms with E-state index in [1.165, 1.54) is 24.0 Å². The van der Waals surface area contributed by atoms with Crippen molar-refractivity contribution in [2.75, 3.05) is 21.8 Å². The molecule has 1 aliphatic rings. The Morgan fingerprint density at radius 3 is 1.94 bits per heavy atom. The Labute approximate surface area is 272 Å². The number of anilines is 5. The third kappa shape index (κ3) is 8.99. The summed E-state index contributed by atoms with van der Waals surface area (Å²) in [6.07, 6.45) is 4.63. The highest BCUT2D eigenvalue weighted by molar-refractivity contribution is 7.85. The first kappa shape index (κ1) is 31.4. The second-order valence-electron chi connectivity index (χ2n) is 10.9. The SMILES string of the molecule is Cc1cc(N=Nc2ccccc2)ccc1Nc1nc(NCS(=O)(=O)O)nc(Nc2ccc(N=Nc3ccc4c(c3)CCCC4)cc2)n1. The van der Waals surface area contributed by atoms with Crippen molar-refractivity contribution >= 4 is 62.1 Å². The van der Waals surface area contributed by atoms with E-state index in [0.717, 1.165) is 29.8 Å². The number of benzene rings is 4. The van der Waals surface area contributed by atoms with E-state index < -0.39 is 16.0 Å². The van der Waals surface area contributed by atoms with E-state index in [1.807, 2.05) is 67.6 Å². The molecule has 5 aromatic rings. The van der Waals surface area contributed by atoms with Crippen LogP contribution in [0.3, 0.4) is 0 Å². The quantitative estimate of drug-likeness (QED) is 0.0805. The smallest absolute Gasteiger partial charge is 0.283 e. The van der Waals surface area contributed by atoms with Crippen LogP contribution in [-0.4, -0.2) is 33.8 Å². The van der Waals surface area contributed by atoms with Crippen LogP contribution in [0.15, 0.2) is 111 Å². The lowest BCUT2D eigenvalue weighted by Gasteiger charge is -2.15. The molecule has 0 unspecified atom stereocenters. The minimum atomic E-state index is -4.33. The molecular weight excluding hydrogens is 616 g/mol. The molecule has 14 heteroatoms. The van der Waals surface area contributed by atoms with Gasteiger partial charge in [-0.25, -0.2) is 0 Å². The van der Waals surface area contributed by atoms with Gasteiger partial charge in [0.2, 0.25) is 17.8 Å². The fraction of sp³-hybridized carbons (Fsp3) is 0.182. The minimum Gasteiger partial charge on any atom is -0.338 e. The first-order valence-electron chi connectivity index (χ1n) is 15.0. The Morgan fingerprint density at radius 1 is 0.660 bits per heavy atom. The molecule has 0 spiro atoms. The van der Waals surface area contributed by atoms with E-state index in [4.69, 9.17) is 0 Å². The van der Waals surface area contributed by atoms with Crippen LogP contribution in [0.2, 0.25) is 0 Å². The largest absolute Gasteiger partial charge is 0.338 e. The average molecular weight is 649 g/mol. The minimum absolute atomic E-state index is 0.0657. The molecule has 0 atom stereocenters. The van der Waals surface area contributed by atoms with Gasteiger partial charge < -0.3 is 16.0 Å². The molecule has 4 aromatic carbocycles. The molecule has 0 aliphatic heterocycles. The van der Waals surface area contributed by atoms with Gasteiger partial charge in [-0.3, -0.25) is 4.55 Å². The molecule has 1 heterocycles. The second kappa shape index (κ2) is 14.2. The van der Waals surface area contributed by atoms with Crippen LogP contribution in [0.25, 0.3) is 0 Å². The van der Waals surface area contributed by atoms with Gasteiger partial charge in [0, 0.05) is 11.4 Å². The number of aryl methyl sites for hydroxylation is 3. The third-order valence-corrected chi connectivity index (χ3v) is 7.79. The summed E-state index contributed by atoms with van der Waals surface area (Å²) in [7, 11) is -4.33. The summed E-state index contributed by atoms with van der Waals surface area (Å²) < 4.78 is 32.0. The molecule has 0 radical (unpaired) electrons. The fourth-order valence-corrected chi connectivity index (χ4v) is 5.25. The molecule has 47 heavy (non-hydrogen) atoms. The van der Waals surface area contributed by atoms with Gasteiger partial charge in [-0.05, 0) is 116 Å². The summed E-state index contributed by atoms with van der Waals surface area (Å²) in [6.45, 7) is 1.90. The Kier molecular flexibility index (Phi) is 9.50. The molecule has 13 nitrogen and oxygen atoms in total. The van der Waals surface area contributed by atoms with Crippen molar-refractivity contribution in [1.29, 1.82) is 0 Å². The molecule has 1 aliphatic carbocycles. The maximum Gasteiger partial charge on any atom is 0.283 e. The van der Waals surface area contributed by atoms with Crippen LogP contribution in [0.5, 0.6) is 0 Å². The van der Waals surface area contributed by atoms with Crippen molar-refractivity contribution in [3.63, 3.8) is 0 Å². The van der Waals surface area contributed by atoms with Crippen LogP contribution >= 0.6 is 0 Å². The number of nitrogens with zero attached hydrogens (tertiary/aromatic N) is 7. The number of rotatable bonds is 11. The molecule has 238 valence electrons.